The molecule has 2 aromatic rings. The van der Waals surface area contributed by atoms with Crippen LogP contribution in [0.2, 0.25) is 0 Å². The predicted molar refractivity (Wildman–Crippen MR) is 86.7 cm³/mol. The Morgan fingerprint density at radius 3 is 2.78 bits per heavy atom. The van der Waals surface area contributed by atoms with Gasteiger partial charge in [-0.2, -0.15) is 4.98 Å². The number of rotatable bonds is 6. The highest BCUT2D eigenvalue weighted by atomic mass is 19.1. The van der Waals surface area contributed by atoms with Gasteiger partial charge in [-0.15, -0.1) is 0 Å². The van der Waals surface area contributed by atoms with Gasteiger partial charge in [0.05, 0.1) is 0 Å². The fourth-order valence-corrected chi connectivity index (χ4v) is 2.16. The Labute approximate surface area is 134 Å². The Bertz CT molecular complexity index is 692. The molecule has 23 heavy (non-hydrogen) atoms. The van der Waals surface area contributed by atoms with Crippen LogP contribution in [0, 0.1) is 12.7 Å². The van der Waals surface area contributed by atoms with Crippen LogP contribution >= 0.6 is 0 Å². The van der Waals surface area contributed by atoms with Gasteiger partial charge in [0.15, 0.2) is 0 Å². The minimum absolute atomic E-state index is 0.0882. The van der Waals surface area contributed by atoms with Crippen molar-refractivity contribution in [3.8, 4) is 0 Å². The average Bonchev–Trinajstić information content (AvgIpc) is 2.48. The van der Waals surface area contributed by atoms with E-state index in [0.29, 0.717) is 5.95 Å². The minimum Gasteiger partial charge on any atom is -0.352 e. The maximum Gasteiger partial charge on any atom is 0.234 e. The van der Waals surface area contributed by atoms with Gasteiger partial charge in [0.1, 0.15) is 12.1 Å². The van der Waals surface area contributed by atoms with Crippen LogP contribution in [0.25, 0.3) is 0 Å². The molecule has 0 aliphatic carbocycles. The van der Waals surface area contributed by atoms with Crippen LogP contribution in [0.5, 0.6) is 0 Å². The molecule has 122 valence electrons. The van der Waals surface area contributed by atoms with Crippen molar-refractivity contribution in [3.63, 3.8) is 0 Å². The fourth-order valence-electron chi connectivity index (χ4n) is 2.16. The molecule has 1 aromatic heterocycles. The number of carbonyl (C=O) groups is 1. The van der Waals surface area contributed by atoms with Crippen LogP contribution < -0.4 is 10.6 Å². The molecule has 1 unspecified atom stereocenters. The summed E-state index contributed by atoms with van der Waals surface area (Å²) in [4.78, 5) is 23.0. The van der Waals surface area contributed by atoms with E-state index in [2.05, 4.69) is 25.6 Å². The van der Waals surface area contributed by atoms with Crippen molar-refractivity contribution in [1.29, 1.82) is 0 Å². The topological polar surface area (TPSA) is 79.8 Å². The Hall–Kier alpha value is -2.57. The van der Waals surface area contributed by atoms with Crippen molar-refractivity contribution < 1.29 is 9.18 Å². The van der Waals surface area contributed by atoms with Gasteiger partial charge in [-0.25, -0.2) is 14.4 Å². The second kappa shape index (κ2) is 7.62. The number of amides is 1. The zero-order valence-electron chi connectivity index (χ0n) is 13.4. The van der Waals surface area contributed by atoms with E-state index < -0.39 is 0 Å². The highest BCUT2D eigenvalue weighted by Gasteiger charge is 2.08. The summed E-state index contributed by atoms with van der Waals surface area (Å²) in [5.74, 6) is 0.149. The monoisotopic (exact) mass is 317 g/mol. The fraction of sp³-hybridized carbons (Fsp3) is 0.375. The SMILES string of the molecule is CC(=O)Nc1ncnc(NC(C)CCc2cc(F)ccc2C)n1. The molecule has 0 radical (unpaired) electrons. The maximum absolute atomic E-state index is 13.3. The zero-order chi connectivity index (χ0) is 16.8. The Balaban J connectivity index is 1.93. The summed E-state index contributed by atoms with van der Waals surface area (Å²) in [6.07, 6.45) is 2.89. The number of nitrogens with one attached hydrogen (secondary N) is 2. The van der Waals surface area contributed by atoms with E-state index in [1.807, 2.05) is 13.8 Å². The third kappa shape index (κ3) is 5.28. The molecule has 1 heterocycles. The van der Waals surface area contributed by atoms with Crippen LogP contribution in [0.15, 0.2) is 24.5 Å². The zero-order valence-corrected chi connectivity index (χ0v) is 13.4. The molecule has 0 bridgehead atoms. The molecule has 0 saturated carbocycles. The van der Waals surface area contributed by atoms with Crippen molar-refractivity contribution in [3.05, 3.63) is 41.5 Å². The summed E-state index contributed by atoms with van der Waals surface area (Å²) in [5.41, 5.74) is 2.07. The smallest absolute Gasteiger partial charge is 0.234 e. The molecular formula is C16H20FN5O. The molecule has 1 amide bonds. The third-order valence-corrected chi connectivity index (χ3v) is 3.39. The van der Waals surface area contributed by atoms with E-state index in [0.717, 1.165) is 24.0 Å². The van der Waals surface area contributed by atoms with Gasteiger partial charge < -0.3 is 5.32 Å². The number of carbonyl (C=O) groups excluding carboxylic acids is 1. The van der Waals surface area contributed by atoms with E-state index in [1.54, 1.807) is 12.1 Å². The largest absolute Gasteiger partial charge is 0.352 e. The number of halogens is 1. The van der Waals surface area contributed by atoms with E-state index >= 15 is 0 Å². The number of hydrogen-bond donors (Lipinski definition) is 2. The highest BCUT2D eigenvalue weighted by Crippen LogP contribution is 2.14. The van der Waals surface area contributed by atoms with Gasteiger partial charge >= 0.3 is 0 Å². The van der Waals surface area contributed by atoms with Crippen LogP contribution in [0.1, 0.15) is 31.4 Å². The first-order chi connectivity index (χ1) is 10.9. The lowest BCUT2D eigenvalue weighted by Crippen LogP contribution is -2.19. The average molecular weight is 317 g/mol. The first-order valence-electron chi connectivity index (χ1n) is 7.42. The Morgan fingerprint density at radius 2 is 2.04 bits per heavy atom. The molecule has 0 spiro atoms. The molecule has 7 heteroatoms. The molecule has 0 saturated heterocycles. The number of aryl methyl sites for hydroxylation is 2. The van der Waals surface area contributed by atoms with Gasteiger partial charge in [0.25, 0.3) is 0 Å². The molecular weight excluding hydrogens is 297 g/mol. The van der Waals surface area contributed by atoms with Crippen molar-refractivity contribution in [1.82, 2.24) is 15.0 Å². The van der Waals surface area contributed by atoms with Gasteiger partial charge in [0, 0.05) is 13.0 Å². The first-order valence-corrected chi connectivity index (χ1v) is 7.42. The molecule has 6 nitrogen and oxygen atoms in total. The van der Waals surface area contributed by atoms with E-state index in [-0.39, 0.29) is 23.7 Å². The summed E-state index contributed by atoms with van der Waals surface area (Å²) in [7, 11) is 0. The van der Waals surface area contributed by atoms with E-state index in [4.69, 9.17) is 0 Å². The predicted octanol–water partition coefficient (Wildman–Crippen LogP) is 2.71. The van der Waals surface area contributed by atoms with Crippen molar-refractivity contribution in [2.75, 3.05) is 10.6 Å². The molecule has 0 fully saturated rings. The van der Waals surface area contributed by atoms with Crippen molar-refractivity contribution in [2.45, 2.75) is 39.7 Å². The molecule has 2 rings (SSSR count). The second-order valence-electron chi connectivity index (χ2n) is 5.47. The Morgan fingerprint density at radius 1 is 1.30 bits per heavy atom. The van der Waals surface area contributed by atoms with Crippen LogP contribution in [-0.2, 0) is 11.2 Å². The quantitative estimate of drug-likeness (QED) is 0.856. The number of hydrogen-bond acceptors (Lipinski definition) is 5. The lowest BCUT2D eigenvalue weighted by molar-refractivity contribution is -0.114. The minimum atomic E-state index is -0.239. The van der Waals surface area contributed by atoms with Gasteiger partial charge in [-0.05, 0) is 49.9 Å². The summed E-state index contributed by atoms with van der Waals surface area (Å²) in [6, 6.07) is 4.91. The first kappa shape index (κ1) is 16.8. The van der Waals surface area contributed by atoms with Crippen LogP contribution in [-0.4, -0.2) is 26.9 Å². The number of aromatic nitrogens is 3. The summed E-state index contributed by atoms with van der Waals surface area (Å²) in [5, 5.41) is 5.66. The molecule has 0 aliphatic heterocycles. The lowest BCUT2D eigenvalue weighted by atomic mass is 10.0. The molecule has 1 atom stereocenters. The van der Waals surface area contributed by atoms with E-state index in [9.17, 15) is 9.18 Å². The standard InChI is InChI=1S/C16H20FN5O/c1-10-4-7-14(17)8-13(10)6-5-11(2)20-15-18-9-19-16(22-15)21-12(3)23/h4,7-9,11H,5-6H2,1-3H3,(H2,18,19,20,21,22,23). The van der Waals surface area contributed by atoms with Crippen LogP contribution in [0.3, 0.4) is 0 Å². The number of benzene rings is 1. The highest BCUT2D eigenvalue weighted by molar-refractivity contribution is 5.86. The lowest BCUT2D eigenvalue weighted by Gasteiger charge is -2.14. The Kier molecular flexibility index (Phi) is 5.56. The van der Waals surface area contributed by atoms with Crippen LogP contribution in [0.4, 0.5) is 16.3 Å². The molecule has 0 aliphatic rings. The second-order valence-corrected chi connectivity index (χ2v) is 5.47. The summed E-state index contributed by atoms with van der Waals surface area (Å²) in [6.45, 7) is 5.36. The molecule has 1 aromatic carbocycles. The summed E-state index contributed by atoms with van der Waals surface area (Å²) < 4.78 is 13.3. The summed E-state index contributed by atoms with van der Waals surface area (Å²) >= 11 is 0. The number of anilines is 2. The van der Waals surface area contributed by atoms with Crippen molar-refractivity contribution in [2.24, 2.45) is 0 Å². The van der Waals surface area contributed by atoms with Gasteiger partial charge in [0.2, 0.25) is 17.8 Å². The molecule has 2 N–H and O–H groups in total. The number of nitrogens with zero attached hydrogens (tertiary/aromatic N) is 3. The van der Waals surface area contributed by atoms with Crippen molar-refractivity contribution >= 4 is 17.8 Å². The van der Waals surface area contributed by atoms with E-state index in [1.165, 1.54) is 19.3 Å². The maximum atomic E-state index is 13.3. The third-order valence-electron chi connectivity index (χ3n) is 3.39. The van der Waals surface area contributed by atoms with Gasteiger partial charge in [-0.1, -0.05) is 6.07 Å². The van der Waals surface area contributed by atoms with Gasteiger partial charge in [-0.3, -0.25) is 10.1 Å². The normalized spacial score (nSPS) is 11.8.